The first kappa shape index (κ1) is 13.0. The van der Waals surface area contributed by atoms with Gasteiger partial charge in [0.05, 0.1) is 13.0 Å². The van der Waals surface area contributed by atoms with Gasteiger partial charge in [0.25, 0.3) is 0 Å². The second-order valence-electron chi connectivity index (χ2n) is 3.84. The first-order valence-electron chi connectivity index (χ1n) is 5.62. The molecular weight excluding hydrogens is 258 g/mol. The number of carbonyl (C=O) groups excluding carboxylic acids is 1. The van der Waals surface area contributed by atoms with Crippen LogP contribution < -0.4 is 15.2 Å². The molecule has 1 aliphatic rings. The molecule has 0 saturated carbocycles. The third kappa shape index (κ3) is 2.68. The molecule has 0 fully saturated rings. The molecule has 1 heterocycles. The van der Waals surface area contributed by atoms with Gasteiger partial charge in [-0.1, -0.05) is 11.6 Å². The number of nitrogens with two attached hydrogens (primary N) is 1. The van der Waals surface area contributed by atoms with E-state index in [4.69, 9.17) is 31.5 Å². The summed E-state index contributed by atoms with van der Waals surface area (Å²) < 4.78 is 15.3. The van der Waals surface area contributed by atoms with E-state index in [0.717, 1.165) is 0 Å². The van der Waals surface area contributed by atoms with Crippen molar-refractivity contribution in [1.82, 2.24) is 0 Å². The van der Waals surface area contributed by atoms with Gasteiger partial charge in [0, 0.05) is 17.1 Å². The minimum absolute atomic E-state index is 0.0766. The number of hydrogen-bond donors (Lipinski definition) is 1. The maximum absolute atomic E-state index is 11.4. The Morgan fingerprint density at radius 1 is 1.50 bits per heavy atom. The lowest BCUT2D eigenvalue weighted by Crippen LogP contribution is -2.17. The molecule has 1 atom stereocenters. The van der Waals surface area contributed by atoms with Crippen LogP contribution >= 0.6 is 11.6 Å². The van der Waals surface area contributed by atoms with Crippen LogP contribution in [0.4, 0.5) is 0 Å². The topological polar surface area (TPSA) is 70.8 Å². The van der Waals surface area contributed by atoms with Crippen molar-refractivity contribution in [3.8, 4) is 11.5 Å². The molecule has 0 aromatic heterocycles. The maximum atomic E-state index is 11.4. The SMILES string of the molecule is CCOC(=O)C[C@@H](N)c1cc2c(cc1Cl)OCO2. The molecule has 1 aliphatic heterocycles. The largest absolute Gasteiger partial charge is 0.466 e. The van der Waals surface area contributed by atoms with Gasteiger partial charge in [0.15, 0.2) is 11.5 Å². The van der Waals surface area contributed by atoms with Crippen LogP contribution in [0.3, 0.4) is 0 Å². The fourth-order valence-corrected chi connectivity index (χ4v) is 2.02. The zero-order valence-corrected chi connectivity index (χ0v) is 10.7. The van der Waals surface area contributed by atoms with E-state index in [9.17, 15) is 4.79 Å². The highest BCUT2D eigenvalue weighted by atomic mass is 35.5. The van der Waals surface area contributed by atoms with E-state index in [2.05, 4.69) is 0 Å². The average Bonchev–Trinajstić information content (AvgIpc) is 2.74. The highest BCUT2D eigenvalue weighted by Gasteiger charge is 2.21. The standard InChI is InChI=1S/C12H14ClNO4/c1-2-16-12(15)5-9(14)7-3-10-11(4-8(7)13)18-6-17-10/h3-4,9H,2,5-6,14H2,1H3/t9-/m1/s1. The minimum atomic E-state index is -0.522. The minimum Gasteiger partial charge on any atom is -0.466 e. The van der Waals surface area contributed by atoms with Crippen LogP contribution in [-0.4, -0.2) is 19.4 Å². The van der Waals surface area contributed by atoms with Crippen molar-refractivity contribution >= 4 is 17.6 Å². The average molecular weight is 272 g/mol. The Hall–Kier alpha value is -1.46. The number of benzene rings is 1. The second-order valence-corrected chi connectivity index (χ2v) is 4.25. The van der Waals surface area contributed by atoms with Crippen molar-refractivity contribution in [3.63, 3.8) is 0 Å². The predicted octanol–water partition coefficient (Wildman–Crippen LogP) is 2.02. The van der Waals surface area contributed by atoms with Crippen LogP contribution in [0.2, 0.25) is 5.02 Å². The highest BCUT2D eigenvalue weighted by Crippen LogP contribution is 2.38. The molecular formula is C12H14ClNO4. The molecule has 0 unspecified atom stereocenters. The molecule has 2 rings (SSSR count). The van der Waals surface area contributed by atoms with Gasteiger partial charge in [-0.15, -0.1) is 0 Å². The van der Waals surface area contributed by atoms with Crippen LogP contribution in [0.15, 0.2) is 12.1 Å². The van der Waals surface area contributed by atoms with E-state index in [1.54, 1.807) is 19.1 Å². The van der Waals surface area contributed by atoms with Gasteiger partial charge in [-0.2, -0.15) is 0 Å². The fraction of sp³-hybridized carbons (Fsp3) is 0.417. The zero-order chi connectivity index (χ0) is 13.1. The normalized spacial score (nSPS) is 14.4. The van der Waals surface area contributed by atoms with Crippen molar-refractivity contribution in [2.24, 2.45) is 5.73 Å². The van der Waals surface area contributed by atoms with Gasteiger partial charge in [-0.05, 0) is 18.6 Å². The van der Waals surface area contributed by atoms with Crippen molar-refractivity contribution in [2.45, 2.75) is 19.4 Å². The number of rotatable bonds is 4. The summed E-state index contributed by atoms with van der Waals surface area (Å²) in [6, 6.07) is 2.82. The maximum Gasteiger partial charge on any atom is 0.307 e. The van der Waals surface area contributed by atoms with Gasteiger partial charge in [0.1, 0.15) is 0 Å². The lowest BCUT2D eigenvalue weighted by Gasteiger charge is -2.13. The Balaban J connectivity index is 2.15. The number of fused-ring (bicyclic) bond motifs is 1. The molecule has 0 aliphatic carbocycles. The summed E-state index contributed by atoms with van der Waals surface area (Å²) >= 11 is 6.10. The van der Waals surface area contributed by atoms with Crippen molar-refractivity contribution in [2.75, 3.05) is 13.4 Å². The van der Waals surface area contributed by atoms with Gasteiger partial charge in [-0.25, -0.2) is 0 Å². The molecule has 0 saturated heterocycles. The quantitative estimate of drug-likeness (QED) is 0.849. The van der Waals surface area contributed by atoms with Crippen LogP contribution in [0.1, 0.15) is 24.9 Å². The molecule has 0 radical (unpaired) electrons. The summed E-state index contributed by atoms with van der Waals surface area (Å²) in [6.07, 6.45) is 0.0766. The summed E-state index contributed by atoms with van der Waals surface area (Å²) in [5, 5.41) is 0.455. The van der Waals surface area contributed by atoms with Gasteiger partial charge >= 0.3 is 5.97 Å². The predicted molar refractivity (Wildman–Crippen MR) is 65.8 cm³/mol. The Morgan fingerprint density at radius 3 is 2.83 bits per heavy atom. The van der Waals surface area contributed by atoms with Gasteiger partial charge in [-0.3, -0.25) is 4.79 Å². The Labute approximate surface area is 110 Å². The van der Waals surface area contributed by atoms with Crippen molar-refractivity contribution < 1.29 is 19.0 Å². The number of hydrogen-bond acceptors (Lipinski definition) is 5. The summed E-state index contributed by atoms with van der Waals surface area (Å²) in [5.74, 6) is 0.833. The van der Waals surface area contributed by atoms with Crippen molar-refractivity contribution in [3.05, 3.63) is 22.7 Å². The summed E-state index contributed by atoms with van der Waals surface area (Å²) in [7, 11) is 0. The molecule has 0 bridgehead atoms. The summed E-state index contributed by atoms with van der Waals surface area (Å²) in [5.41, 5.74) is 6.59. The van der Waals surface area contributed by atoms with Crippen LogP contribution in [0.25, 0.3) is 0 Å². The van der Waals surface area contributed by atoms with Crippen LogP contribution in [0, 0.1) is 0 Å². The number of ether oxygens (including phenoxy) is 3. The van der Waals surface area contributed by atoms with E-state index >= 15 is 0 Å². The van der Waals surface area contributed by atoms with Crippen LogP contribution in [-0.2, 0) is 9.53 Å². The summed E-state index contributed by atoms with van der Waals surface area (Å²) in [4.78, 5) is 11.4. The smallest absolute Gasteiger partial charge is 0.307 e. The highest BCUT2D eigenvalue weighted by molar-refractivity contribution is 6.31. The molecule has 0 spiro atoms. The molecule has 0 amide bonds. The summed E-state index contributed by atoms with van der Waals surface area (Å²) in [6.45, 7) is 2.25. The molecule has 1 aromatic carbocycles. The third-order valence-electron chi connectivity index (χ3n) is 2.58. The van der Waals surface area contributed by atoms with Gasteiger partial charge in [0.2, 0.25) is 6.79 Å². The number of halogens is 1. The molecule has 5 nitrogen and oxygen atoms in total. The first-order valence-corrected chi connectivity index (χ1v) is 6.00. The molecule has 1 aromatic rings. The lowest BCUT2D eigenvalue weighted by molar-refractivity contribution is -0.143. The Kier molecular flexibility index (Phi) is 3.93. The van der Waals surface area contributed by atoms with E-state index in [1.807, 2.05) is 0 Å². The first-order chi connectivity index (χ1) is 8.61. The molecule has 18 heavy (non-hydrogen) atoms. The number of carbonyl (C=O) groups is 1. The van der Waals surface area contributed by atoms with E-state index < -0.39 is 6.04 Å². The fourth-order valence-electron chi connectivity index (χ4n) is 1.73. The Morgan fingerprint density at radius 2 is 2.17 bits per heavy atom. The van der Waals surface area contributed by atoms with Crippen molar-refractivity contribution in [1.29, 1.82) is 0 Å². The van der Waals surface area contributed by atoms with E-state index in [0.29, 0.717) is 28.7 Å². The number of esters is 1. The lowest BCUT2D eigenvalue weighted by atomic mass is 10.0. The zero-order valence-electron chi connectivity index (χ0n) is 9.94. The van der Waals surface area contributed by atoms with E-state index in [-0.39, 0.29) is 19.2 Å². The molecule has 98 valence electrons. The molecule has 6 heteroatoms. The van der Waals surface area contributed by atoms with E-state index in [1.165, 1.54) is 0 Å². The Bertz CT molecular complexity index is 464. The second kappa shape index (κ2) is 5.46. The monoisotopic (exact) mass is 271 g/mol. The van der Waals surface area contributed by atoms with Crippen LogP contribution in [0.5, 0.6) is 11.5 Å². The molecule has 2 N–H and O–H groups in total. The third-order valence-corrected chi connectivity index (χ3v) is 2.91. The van der Waals surface area contributed by atoms with Gasteiger partial charge < -0.3 is 19.9 Å².